The molecule has 0 unspecified atom stereocenters. The summed E-state index contributed by atoms with van der Waals surface area (Å²) in [7, 11) is 0. The quantitative estimate of drug-likeness (QED) is 0.539. The van der Waals surface area contributed by atoms with E-state index in [4.69, 9.17) is 10.5 Å². The van der Waals surface area contributed by atoms with Crippen molar-refractivity contribution in [3.8, 4) is 5.75 Å². The van der Waals surface area contributed by atoms with Gasteiger partial charge in [0.05, 0.1) is 21.7 Å². The Bertz CT molecular complexity index is 881. The number of fused-ring (bicyclic) bond motifs is 1. The Morgan fingerprint density at radius 1 is 1.43 bits per heavy atom. The maximum atomic E-state index is 11.1. The van der Waals surface area contributed by atoms with Crippen LogP contribution in [-0.2, 0) is 0 Å². The molecular weight excluding hydrogens is 320 g/mol. The van der Waals surface area contributed by atoms with Crippen LogP contribution in [0, 0.1) is 10.1 Å². The molecule has 0 bridgehead atoms. The molecule has 118 valence electrons. The topological polar surface area (TPSA) is 129 Å². The van der Waals surface area contributed by atoms with E-state index in [-0.39, 0.29) is 17.3 Å². The van der Waals surface area contributed by atoms with E-state index in [0.717, 1.165) is 22.3 Å². The van der Waals surface area contributed by atoms with Crippen molar-refractivity contribution in [1.29, 1.82) is 0 Å². The zero-order valence-corrected chi connectivity index (χ0v) is 12.8. The van der Waals surface area contributed by atoms with E-state index in [9.17, 15) is 10.1 Å². The average molecular weight is 332 g/mol. The Kier molecular flexibility index (Phi) is 3.89. The van der Waals surface area contributed by atoms with Crippen molar-refractivity contribution in [2.75, 3.05) is 17.7 Å². The van der Waals surface area contributed by atoms with Crippen LogP contribution in [0.2, 0.25) is 0 Å². The number of anilines is 3. The number of nitro groups is 1. The van der Waals surface area contributed by atoms with E-state index in [1.165, 1.54) is 11.3 Å². The fraction of sp³-hybridized carbons (Fsp3) is 0.154. The summed E-state index contributed by atoms with van der Waals surface area (Å²) in [6.07, 6.45) is 1.16. The number of benzene rings is 1. The third-order valence-corrected chi connectivity index (χ3v) is 3.86. The highest BCUT2D eigenvalue weighted by atomic mass is 32.1. The van der Waals surface area contributed by atoms with Gasteiger partial charge in [-0.25, -0.2) is 15.0 Å². The van der Waals surface area contributed by atoms with Crippen molar-refractivity contribution in [3.05, 3.63) is 34.6 Å². The second kappa shape index (κ2) is 6.01. The lowest BCUT2D eigenvalue weighted by Gasteiger charge is -2.03. The number of hydrogen-bond donors (Lipinski definition) is 2. The number of nitrogen functional groups attached to an aromatic ring is 1. The van der Waals surface area contributed by atoms with Crippen molar-refractivity contribution in [3.63, 3.8) is 0 Å². The lowest BCUT2D eigenvalue weighted by Crippen LogP contribution is -2.04. The summed E-state index contributed by atoms with van der Waals surface area (Å²) in [5, 5.41) is 14.4. The second-order valence-corrected chi connectivity index (χ2v) is 5.45. The standard InChI is InChI=1S/C13H12N6O3S/c1-2-22-7-3-4-8-9(5-7)23-13(17-8)18-12-10(19(20)21)11(14)15-6-16-12/h3-6H,2H2,1H3,(H3,14,15,16,17,18). The number of ether oxygens (including phenoxy) is 1. The van der Waals surface area contributed by atoms with Crippen LogP contribution in [0.1, 0.15) is 6.92 Å². The van der Waals surface area contributed by atoms with Gasteiger partial charge in [0.15, 0.2) is 5.13 Å². The Balaban J connectivity index is 1.96. The first kappa shape index (κ1) is 14.9. The van der Waals surface area contributed by atoms with Gasteiger partial charge in [0.1, 0.15) is 12.1 Å². The number of nitrogens with two attached hydrogens (primary N) is 1. The fourth-order valence-corrected chi connectivity index (χ4v) is 2.87. The summed E-state index contributed by atoms with van der Waals surface area (Å²) in [6, 6.07) is 5.51. The first-order chi connectivity index (χ1) is 11.1. The van der Waals surface area contributed by atoms with Gasteiger partial charge in [-0.3, -0.25) is 10.1 Å². The molecular formula is C13H12N6O3S. The van der Waals surface area contributed by atoms with Crippen molar-refractivity contribution >= 4 is 44.0 Å². The Hall–Kier alpha value is -3.01. The molecule has 0 aliphatic heterocycles. The van der Waals surface area contributed by atoms with Gasteiger partial charge < -0.3 is 15.8 Å². The molecule has 1 aromatic carbocycles. The molecule has 3 rings (SSSR count). The minimum atomic E-state index is -0.627. The van der Waals surface area contributed by atoms with E-state index in [2.05, 4.69) is 20.3 Å². The highest BCUT2D eigenvalue weighted by Gasteiger charge is 2.21. The number of rotatable bonds is 5. The van der Waals surface area contributed by atoms with Gasteiger partial charge in [0.25, 0.3) is 0 Å². The third kappa shape index (κ3) is 2.97. The highest BCUT2D eigenvalue weighted by molar-refractivity contribution is 7.22. The van der Waals surface area contributed by atoms with Crippen LogP contribution >= 0.6 is 11.3 Å². The van der Waals surface area contributed by atoms with Crippen molar-refractivity contribution < 1.29 is 9.66 Å². The lowest BCUT2D eigenvalue weighted by atomic mass is 10.3. The predicted molar refractivity (Wildman–Crippen MR) is 87.2 cm³/mol. The molecule has 23 heavy (non-hydrogen) atoms. The molecule has 9 nitrogen and oxygen atoms in total. The minimum Gasteiger partial charge on any atom is -0.494 e. The maximum absolute atomic E-state index is 11.1. The van der Waals surface area contributed by atoms with Crippen molar-refractivity contribution in [1.82, 2.24) is 15.0 Å². The normalized spacial score (nSPS) is 10.7. The number of hydrogen-bond acceptors (Lipinski definition) is 9. The summed E-state index contributed by atoms with van der Waals surface area (Å²) in [4.78, 5) is 22.3. The molecule has 0 atom stereocenters. The van der Waals surface area contributed by atoms with Gasteiger partial charge in [-0.2, -0.15) is 0 Å². The summed E-state index contributed by atoms with van der Waals surface area (Å²) >= 11 is 1.33. The summed E-state index contributed by atoms with van der Waals surface area (Å²) in [5.74, 6) is 0.547. The van der Waals surface area contributed by atoms with Crippen LogP contribution in [-0.4, -0.2) is 26.5 Å². The number of nitrogens with zero attached hydrogens (tertiary/aromatic N) is 4. The molecule has 0 amide bonds. The Morgan fingerprint density at radius 2 is 2.26 bits per heavy atom. The number of nitrogens with one attached hydrogen (secondary N) is 1. The monoisotopic (exact) mass is 332 g/mol. The van der Waals surface area contributed by atoms with Crippen LogP contribution in [0.3, 0.4) is 0 Å². The molecule has 0 fully saturated rings. The molecule has 2 aromatic heterocycles. The zero-order valence-electron chi connectivity index (χ0n) is 12.0. The molecule has 0 saturated carbocycles. The number of thiazole rings is 1. The van der Waals surface area contributed by atoms with Crippen LogP contribution in [0.4, 0.5) is 22.5 Å². The minimum absolute atomic E-state index is 0.00610. The Labute approximate surface area is 134 Å². The third-order valence-electron chi connectivity index (χ3n) is 2.93. The van der Waals surface area contributed by atoms with E-state index in [0.29, 0.717) is 11.7 Å². The van der Waals surface area contributed by atoms with Crippen LogP contribution < -0.4 is 15.8 Å². The maximum Gasteiger partial charge on any atom is 0.353 e. The van der Waals surface area contributed by atoms with Gasteiger partial charge in [-0.1, -0.05) is 11.3 Å². The number of aromatic nitrogens is 3. The molecule has 3 aromatic rings. The molecule has 0 aliphatic rings. The summed E-state index contributed by atoms with van der Waals surface area (Å²) < 4.78 is 6.33. The first-order valence-electron chi connectivity index (χ1n) is 6.63. The van der Waals surface area contributed by atoms with Gasteiger partial charge >= 0.3 is 5.69 Å². The molecule has 0 radical (unpaired) electrons. The molecule has 0 aliphatic carbocycles. The molecule has 0 saturated heterocycles. The average Bonchev–Trinajstić information content (AvgIpc) is 2.88. The van der Waals surface area contributed by atoms with E-state index >= 15 is 0 Å². The zero-order chi connectivity index (χ0) is 16.4. The summed E-state index contributed by atoms with van der Waals surface area (Å²) in [5.41, 5.74) is 5.92. The largest absolute Gasteiger partial charge is 0.494 e. The van der Waals surface area contributed by atoms with Crippen molar-refractivity contribution in [2.24, 2.45) is 0 Å². The SMILES string of the molecule is CCOc1ccc2nc(Nc3ncnc(N)c3[N+](=O)[O-])sc2c1. The van der Waals surface area contributed by atoms with Crippen LogP contribution in [0.25, 0.3) is 10.2 Å². The van der Waals surface area contributed by atoms with Gasteiger partial charge in [-0.15, -0.1) is 0 Å². The Morgan fingerprint density at radius 3 is 3.00 bits per heavy atom. The summed E-state index contributed by atoms with van der Waals surface area (Å²) in [6.45, 7) is 2.48. The van der Waals surface area contributed by atoms with Crippen LogP contribution in [0.15, 0.2) is 24.5 Å². The molecule has 0 spiro atoms. The van der Waals surface area contributed by atoms with Gasteiger partial charge in [0.2, 0.25) is 11.6 Å². The van der Waals surface area contributed by atoms with E-state index < -0.39 is 4.92 Å². The molecule has 10 heteroatoms. The molecule has 3 N–H and O–H groups in total. The van der Waals surface area contributed by atoms with Gasteiger partial charge in [0, 0.05) is 0 Å². The first-order valence-corrected chi connectivity index (χ1v) is 7.45. The molecule has 2 heterocycles. The fourth-order valence-electron chi connectivity index (χ4n) is 1.98. The smallest absolute Gasteiger partial charge is 0.353 e. The van der Waals surface area contributed by atoms with Gasteiger partial charge in [-0.05, 0) is 25.1 Å². The highest BCUT2D eigenvalue weighted by Crippen LogP contribution is 2.34. The predicted octanol–water partition coefficient (Wildman–Crippen LogP) is 2.72. The second-order valence-electron chi connectivity index (χ2n) is 4.42. The lowest BCUT2D eigenvalue weighted by molar-refractivity contribution is -0.383. The van der Waals surface area contributed by atoms with Crippen LogP contribution in [0.5, 0.6) is 5.75 Å². The van der Waals surface area contributed by atoms with E-state index in [1.807, 2.05) is 25.1 Å². The van der Waals surface area contributed by atoms with E-state index in [1.54, 1.807) is 0 Å². The van der Waals surface area contributed by atoms with Crippen molar-refractivity contribution in [2.45, 2.75) is 6.92 Å².